The van der Waals surface area contributed by atoms with Crippen LogP contribution in [0, 0.1) is 11.8 Å². The fraction of sp³-hybridized carbons (Fsp3) is 0.933. The van der Waals surface area contributed by atoms with Crippen LogP contribution >= 0.6 is 0 Å². The normalized spacial score (nSPS) is 27.0. The van der Waals surface area contributed by atoms with Crippen molar-refractivity contribution in [3.8, 4) is 0 Å². The summed E-state index contributed by atoms with van der Waals surface area (Å²) in [4.78, 5) is 12.4. The Morgan fingerprint density at radius 2 is 1.90 bits per heavy atom. The van der Waals surface area contributed by atoms with E-state index in [1.54, 1.807) is 0 Å². The van der Waals surface area contributed by atoms with Crippen LogP contribution in [-0.4, -0.2) is 31.7 Å². The van der Waals surface area contributed by atoms with Crippen LogP contribution in [0.5, 0.6) is 0 Å². The van der Waals surface area contributed by atoms with Crippen LogP contribution in [0.1, 0.15) is 58.8 Å². The van der Waals surface area contributed by atoms with Crippen molar-refractivity contribution in [3.05, 3.63) is 0 Å². The third kappa shape index (κ3) is 5.52. The maximum absolute atomic E-state index is 12.4. The van der Waals surface area contributed by atoms with E-state index in [1.165, 1.54) is 6.26 Å². The van der Waals surface area contributed by atoms with Gasteiger partial charge in [0.15, 0.2) is 0 Å². The van der Waals surface area contributed by atoms with Crippen molar-refractivity contribution in [3.63, 3.8) is 0 Å². The molecule has 0 heterocycles. The van der Waals surface area contributed by atoms with Crippen molar-refractivity contribution in [1.29, 1.82) is 0 Å². The van der Waals surface area contributed by atoms with Gasteiger partial charge in [-0.15, -0.1) is 0 Å². The van der Waals surface area contributed by atoms with E-state index < -0.39 is 9.84 Å². The molecule has 0 amide bonds. The number of hydrogen-bond acceptors (Lipinski definition) is 4. The molecule has 0 bridgehead atoms. The first-order valence-corrected chi connectivity index (χ1v) is 9.65. The minimum atomic E-state index is -3.01. The molecule has 0 saturated heterocycles. The van der Waals surface area contributed by atoms with Crippen LogP contribution in [0.15, 0.2) is 0 Å². The van der Waals surface area contributed by atoms with Gasteiger partial charge in [-0.25, -0.2) is 8.42 Å². The summed E-state index contributed by atoms with van der Waals surface area (Å²) in [6.07, 6.45) is 6.98. The number of ketones is 1. The van der Waals surface area contributed by atoms with Crippen molar-refractivity contribution < 1.29 is 13.2 Å². The van der Waals surface area contributed by atoms with Crippen LogP contribution in [0.25, 0.3) is 0 Å². The maximum atomic E-state index is 12.4. The number of hydrogen-bond donors (Lipinski definition) is 1. The quantitative estimate of drug-likeness (QED) is 0.783. The highest BCUT2D eigenvalue weighted by Crippen LogP contribution is 2.31. The number of Topliss-reactive ketones (excluding diaryl/α,β-unsaturated/α-hetero) is 1. The SMILES string of the molecule is CC(N)CCCC(C)C(=O)C1CCCC(S(C)(=O)=O)C1. The zero-order valence-electron chi connectivity index (χ0n) is 13.0. The van der Waals surface area contributed by atoms with Gasteiger partial charge in [0.05, 0.1) is 5.25 Å². The van der Waals surface area contributed by atoms with Gasteiger partial charge in [0.1, 0.15) is 15.6 Å². The van der Waals surface area contributed by atoms with Crippen molar-refractivity contribution >= 4 is 15.6 Å². The Morgan fingerprint density at radius 3 is 2.45 bits per heavy atom. The Bertz CT molecular complexity index is 417. The second-order valence-electron chi connectivity index (χ2n) is 6.53. The summed E-state index contributed by atoms with van der Waals surface area (Å²) < 4.78 is 23.3. The number of sulfone groups is 1. The standard InChI is InChI=1S/C15H29NO3S/c1-11(6-4-7-12(2)16)15(17)13-8-5-9-14(10-13)20(3,18)19/h11-14H,4-10,16H2,1-3H3. The molecule has 0 aromatic heterocycles. The lowest BCUT2D eigenvalue weighted by Gasteiger charge is -2.28. The molecule has 1 aliphatic carbocycles. The molecule has 20 heavy (non-hydrogen) atoms. The molecule has 0 aromatic carbocycles. The van der Waals surface area contributed by atoms with Gasteiger partial charge in [-0.2, -0.15) is 0 Å². The lowest BCUT2D eigenvalue weighted by atomic mass is 9.80. The lowest BCUT2D eigenvalue weighted by molar-refractivity contribution is -0.127. The van der Waals surface area contributed by atoms with E-state index in [-0.39, 0.29) is 28.9 Å². The van der Waals surface area contributed by atoms with E-state index in [0.29, 0.717) is 12.8 Å². The largest absolute Gasteiger partial charge is 0.328 e. The summed E-state index contributed by atoms with van der Waals surface area (Å²) in [6.45, 7) is 3.94. The molecule has 1 rings (SSSR count). The highest BCUT2D eigenvalue weighted by molar-refractivity contribution is 7.91. The summed E-state index contributed by atoms with van der Waals surface area (Å²) >= 11 is 0. The van der Waals surface area contributed by atoms with Crippen molar-refractivity contribution in [1.82, 2.24) is 0 Å². The van der Waals surface area contributed by atoms with Crippen LogP contribution in [0.2, 0.25) is 0 Å². The smallest absolute Gasteiger partial charge is 0.150 e. The van der Waals surface area contributed by atoms with E-state index in [4.69, 9.17) is 5.73 Å². The Balaban J connectivity index is 2.49. The van der Waals surface area contributed by atoms with E-state index in [2.05, 4.69) is 0 Å². The monoisotopic (exact) mass is 303 g/mol. The van der Waals surface area contributed by atoms with Crippen LogP contribution in [0.3, 0.4) is 0 Å². The summed E-state index contributed by atoms with van der Waals surface area (Å²) in [7, 11) is -3.01. The molecule has 0 aliphatic heterocycles. The molecule has 1 aliphatic rings. The Hall–Kier alpha value is -0.420. The molecule has 4 atom stereocenters. The zero-order valence-corrected chi connectivity index (χ0v) is 13.8. The molecule has 118 valence electrons. The third-order valence-corrected chi connectivity index (χ3v) is 6.06. The van der Waals surface area contributed by atoms with E-state index in [9.17, 15) is 13.2 Å². The average molecular weight is 303 g/mol. The van der Waals surface area contributed by atoms with Crippen LogP contribution in [0.4, 0.5) is 0 Å². The fourth-order valence-corrected chi connectivity index (χ4v) is 4.26. The highest BCUT2D eigenvalue weighted by Gasteiger charge is 2.33. The first kappa shape index (κ1) is 17.6. The zero-order chi connectivity index (χ0) is 15.3. The molecule has 0 aromatic rings. The van der Waals surface area contributed by atoms with E-state index in [1.807, 2.05) is 13.8 Å². The fourth-order valence-electron chi connectivity index (χ4n) is 3.08. The van der Waals surface area contributed by atoms with Gasteiger partial charge >= 0.3 is 0 Å². The van der Waals surface area contributed by atoms with Gasteiger partial charge in [0, 0.05) is 24.1 Å². The van der Waals surface area contributed by atoms with Crippen molar-refractivity contribution in [2.75, 3.05) is 6.26 Å². The van der Waals surface area contributed by atoms with Gasteiger partial charge in [0.25, 0.3) is 0 Å². The minimum absolute atomic E-state index is 0.0251. The number of carbonyl (C=O) groups excluding carboxylic acids is 1. The first-order chi connectivity index (χ1) is 9.21. The van der Waals surface area contributed by atoms with Crippen molar-refractivity contribution in [2.45, 2.75) is 70.1 Å². The molecule has 4 unspecified atom stereocenters. The maximum Gasteiger partial charge on any atom is 0.150 e. The van der Waals surface area contributed by atoms with E-state index in [0.717, 1.165) is 32.1 Å². The topological polar surface area (TPSA) is 77.2 Å². The third-order valence-electron chi connectivity index (χ3n) is 4.42. The molecule has 4 nitrogen and oxygen atoms in total. The number of carbonyl (C=O) groups is 1. The van der Waals surface area contributed by atoms with Gasteiger partial charge in [-0.3, -0.25) is 4.79 Å². The summed E-state index contributed by atoms with van der Waals surface area (Å²) in [5, 5.41) is -0.318. The predicted molar refractivity (Wildman–Crippen MR) is 82.3 cm³/mol. The van der Waals surface area contributed by atoms with Gasteiger partial charge < -0.3 is 5.73 Å². The highest BCUT2D eigenvalue weighted by atomic mass is 32.2. The van der Waals surface area contributed by atoms with E-state index >= 15 is 0 Å². The summed E-state index contributed by atoms with van der Waals surface area (Å²) in [5.41, 5.74) is 5.71. The Labute approximate surface area is 123 Å². The second kappa shape index (κ2) is 7.55. The molecule has 0 spiro atoms. The lowest BCUT2D eigenvalue weighted by Crippen LogP contribution is -2.33. The molecule has 1 fully saturated rings. The van der Waals surface area contributed by atoms with Gasteiger partial charge in [-0.1, -0.05) is 19.8 Å². The Morgan fingerprint density at radius 1 is 1.25 bits per heavy atom. The predicted octanol–water partition coefficient (Wildman–Crippen LogP) is 2.31. The molecule has 0 radical (unpaired) electrons. The number of rotatable bonds is 7. The van der Waals surface area contributed by atoms with Crippen LogP contribution < -0.4 is 5.73 Å². The van der Waals surface area contributed by atoms with Gasteiger partial charge in [0.2, 0.25) is 0 Å². The second-order valence-corrected chi connectivity index (χ2v) is 8.85. The van der Waals surface area contributed by atoms with Crippen LogP contribution in [-0.2, 0) is 14.6 Å². The van der Waals surface area contributed by atoms with Gasteiger partial charge in [-0.05, 0) is 39.0 Å². The van der Waals surface area contributed by atoms with Crippen molar-refractivity contribution in [2.24, 2.45) is 17.6 Å². The average Bonchev–Trinajstić information content (AvgIpc) is 2.36. The first-order valence-electron chi connectivity index (χ1n) is 7.70. The molecule has 5 heteroatoms. The molecule has 1 saturated carbocycles. The Kier molecular flexibility index (Phi) is 6.65. The molecular formula is C15H29NO3S. The summed E-state index contributed by atoms with van der Waals surface area (Å²) in [6, 6.07) is 0.182. The minimum Gasteiger partial charge on any atom is -0.328 e. The number of nitrogens with two attached hydrogens (primary N) is 1. The molecular weight excluding hydrogens is 274 g/mol. The molecule has 2 N–H and O–H groups in total. The summed E-state index contributed by atoms with van der Waals surface area (Å²) in [5.74, 6) is 0.217.